The van der Waals surface area contributed by atoms with Gasteiger partial charge in [-0.15, -0.1) is 0 Å². The molecule has 0 amide bonds. The Labute approximate surface area is 108 Å². The first kappa shape index (κ1) is 14.6. The normalized spacial score (nSPS) is 12.0. The van der Waals surface area contributed by atoms with Crippen molar-refractivity contribution >= 4 is 5.69 Å². The Hall–Kier alpha value is -1.46. The summed E-state index contributed by atoms with van der Waals surface area (Å²) < 4.78 is 10.6. The lowest BCUT2D eigenvalue weighted by atomic mass is 10.2. The maximum atomic E-state index is 8.70. The molecule has 0 aliphatic carbocycles. The van der Waals surface area contributed by atoms with E-state index in [1.54, 1.807) is 13.2 Å². The van der Waals surface area contributed by atoms with E-state index in [0.29, 0.717) is 18.0 Å². The molecule has 5 nitrogen and oxygen atoms in total. The number of nitrogens with two attached hydrogens (primary N) is 1. The van der Waals surface area contributed by atoms with E-state index < -0.39 is 0 Å². The number of aliphatic hydroxyl groups excluding tert-OH is 1. The van der Waals surface area contributed by atoms with Crippen LogP contribution in [0.5, 0.6) is 11.5 Å². The van der Waals surface area contributed by atoms with Gasteiger partial charge in [-0.3, -0.25) is 0 Å². The van der Waals surface area contributed by atoms with Crippen molar-refractivity contribution in [2.75, 3.05) is 32.2 Å². The fourth-order valence-electron chi connectivity index (χ4n) is 1.46. The third-order valence-electron chi connectivity index (χ3n) is 2.61. The summed E-state index contributed by atoms with van der Waals surface area (Å²) in [5, 5.41) is 11.9. The number of anilines is 1. The predicted molar refractivity (Wildman–Crippen MR) is 72.3 cm³/mol. The predicted octanol–water partition coefficient (Wildman–Crippen LogP) is 1.22. The van der Waals surface area contributed by atoms with E-state index in [9.17, 15) is 0 Å². The van der Waals surface area contributed by atoms with Crippen LogP contribution in [0.3, 0.4) is 0 Å². The summed E-state index contributed by atoms with van der Waals surface area (Å²) in [6.07, 6.45) is 0.924. The second-order valence-corrected chi connectivity index (χ2v) is 3.98. The molecule has 0 spiro atoms. The van der Waals surface area contributed by atoms with Gasteiger partial charge in [0.1, 0.15) is 18.1 Å². The Morgan fingerprint density at radius 3 is 2.83 bits per heavy atom. The second-order valence-electron chi connectivity index (χ2n) is 3.98. The van der Waals surface area contributed by atoms with Crippen LogP contribution >= 0.6 is 0 Å². The van der Waals surface area contributed by atoms with Gasteiger partial charge in [0.05, 0.1) is 19.4 Å². The molecule has 0 aromatic heterocycles. The molecule has 4 N–H and O–H groups in total. The molecule has 0 saturated heterocycles. The van der Waals surface area contributed by atoms with Crippen LogP contribution in [0.15, 0.2) is 18.2 Å². The SMILES string of the molecule is CC[C@H](N)CNc1ccc(OCCO)cc1OC. The molecule has 0 radical (unpaired) electrons. The maximum absolute atomic E-state index is 8.70. The van der Waals surface area contributed by atoms with E-state index >= 15 is 0 Å². The average molecular weight is 254 g/mol. The highest BCUT2D eigenvalue weighted by Crippen LogP contribution is 2.29. The third-order valence-corrected chi connectivity index (χ3v) is 2.61. The highest BCUT2D eigenvalue weighted by molar-refractivity contribution is 5.59. The summed E-state index contributed by atoms with van der Waals surface area (Å²) >= 11 is 0. The lowest BCUT2D eigenvalue weighted by Crippen LogP contribution is -2.28. The largest absolute Gasteiger partial charge is 0.494 e. The van der Waals surface area contributed by atoms with Crippen molar-refractivity contribution < 1.29 is 14.6 Å². The summed E-state index contributed by atoms with van der Waals surface area (Å²) in [5.41, 5.74) is 6.74. The molecule has 1 aromatic carbocycles. The monoisotopic (exact) mass is 254 g/mol. The smallest absolute Gasteiger partial charge is 0.145 e. The van der Waals surface area contributed by atoms with E-state index in [-0.39, 0.29) is 19.3 Å². The fourth-order valence-corrected chi connectivity index (χ4v) is 1.46. The standard InChI is InChI=1S/C13H22N2O3/c1-3-10(14)9-15-12-5-4-11(18-7-6-16)8-13(12)17-2/h4-5,8,10,15-16H,3,6-7,9,14H2,1-2H3/t10-/m0/s1. The van der Waals surface area contributed by atoms with Crippen LogP contribution in [0.2, 0.25) is 0 Å². The van der Waals surface area contributed by atoms with Crippen LogP contribution in [0.4, 0.5) is 5.69 Å². The van der Waals surface area contributed by atoms with Crippen molar-refractivity contribution in [3.05, 3.63) is 18.2 Å². The van der Waals surface area contributed by atoms with E-state index in [1.165, 1.54) is 0 Å². The first-order valence-corrected chi connectivity index (χ1v) is 6.12. The number of nitrogens with one attached hydrogen (secondary N) is 1. The lowest BCUT2D eigenvalue weighted by molar-refractivity contribution is 0.201. The van der Waals surface area contributed by atoms with Gasteiger partial charge < -0.3 is 25.6 Å². The van der Waals surface area contributed by atoms with Crippen molar-refractivity contribution in [3.8, 4) is 11.5 Å². The van der Waals surface area contributed by atoms with E-state index in [2.05, 4.69) is 12.2 Å². The van der Waals surface area contributed by atoms with Crippen LogP contribution < -0.4 is 20.5 Å². The number of benzene rings is 1. The summed E-state index contributed by atoms with van der Waals surface area (Å²) in [6.45, 7) is 3.02. The Bertz CT molecular complexity index is 358. The van der Waals surface area contributed by atoms with E-state index in [1.807, 2.05) is 12.1 Å². The number of rotatable bonds is 8. The third kappa shape index (κ3) is 4.43. The molecule has 1 atom stereocenters. The first-order chi connectivity index (χ1) is 8.71. The highest BCUT2D eigenvalue weighted by Gasteiger charge is 2.06. The van der Waals surface area contributed by atoms with Crippen molar-refractivity contribution in [1.29, 1.82) is 0 Å². The molecule has 102 valence electrons. The molecule has 5 heteroatoms. The van der Waals surface area contributed by atoms with Gasteiger partial charge in [-0.05, 0) is 18.6 Å². The summed E-state index contributed by atoms with van der Waals surface area (Å²) in [5.74, 6) is 1.37. The number of ether oxygens (including phenoxy) is 2. The maximum Gasteiger partial charge on any atom is 0.145 e. The zero-order valence-electron chi connectivity index (χ0n) is 11.0. The van der Waals surface area contributed by atoms with Crippen molar-refractivity contribution in [2.45, 2.75) is 19.4 Å². The molecular weight excluding hydrogens is 232 g/mol. The fraction of sp³-hybridized carbons (Fsp3) is 0.538. The molecule has 0 unspecified atom stereocenters. The zero-order valence-corrected chi connectivity index (χ0v) is 11.0. The molecule has 0 bridgehead atoms. The van der Waals surface area contributed by atoms with Gasteiger partial charge in [-0.1, -0.05) is 6.92 Å². The van der Waals surface area contributed by atoms with Gasteiger partial charge in [0.25, 0.3) is 0 Å². The van der Waals surface area contributed by atoms with Gasteiger partial charge in [-0.25, -0.2) is 0 Å². The minimum absolute atomic E-state index is 0.00628. The minimum atomic E-state index is -0.00628. The summed E-state index contributed by atoms with van der Waals surface area (Å²) in [4.78, 5) is 0. The zero-order chi connectivity index (χ0) is 13.4. The average Bonchev–Trinajstić information content (AvgIpc) is 2.42. The summed E-state index contributed by atoms with van der Waals surface area (Å²) in [6, 6.07) is 5.63. The number of methoxy groups -OCH3 is 1. The Kier molecular flexibility index (Phi) is 6.32. The van der Waals surface area contributed by atoms with E-state index in [0.717, 1.165) is 12.1 Å². The van der Waals surface area contributed by atoms with Gasteiger partial charge in [0.15, 0.2) is 0 Å². The van der Waals surface area contributed by atoms with Crippen LogP contribution in [0.1, 0.15) is 13.3 Å². The quantitative estimate of drug-likeness (QED) is 0.650. The number of hydrogen-bond donors (Lipinski definition) is 3. The van der Waals surface area contributed by atoms with Crippen molar-refractivity contribution in [3.63, 3.8) is 0 Å². The molecule has 18 heavy (non-hydrogen) atoms. The van der Waals surface area contributed by atoms with Crippen LogP contribution in [0.25, 0.3) is 0 Å². The molecule has 0 aliphatic heterocycles. The van der Waals surface area contributed by atoms with Crippen LogP contribution in [-0.4, -0.2) is 38.0 Å². The molecule has 1 rings (SSSR count). The second kappa shape index (κ2) is 7.79. The first-order valence-electron chi connectivity index (χ1n) is 6.12. The van der Waals surface area contributed by atoms with Crippen molar-refractivity contribution in [2.24, 2.45) is 5.73 Å². The molecular formula is C13H22N2O3. The molecule has 0 heterocycles. The molecule has 0 saturated carbocycles. The van der Waals surface area contributed by atoms with Gasteiger partial charge in [-0.2, -0.15) is 0 Å². The Balaban J connectivity index is 2.67. The molecule has 1 aromatic rings. The number of aliphatic hydroxyl groups is 1. The lowest BCUT2D eigenvalue weighted by Gasteiger charge is -2.15. The Morgan fingerprint density at radius 1 is 1.44 bits per heavy atom. The van der Waals surface area contributed by atoms with Crippen molar-refractivity contribution in [1.82, 2.24) is 0 Å². The Morgan fingerprint density at radius 2 is 2.22 bits per heavy atom. The number of hydrogen-bond acceptors (Lipinski definition) is 5. The van der Waals surface area contributed by atoms with Gasteiger partial charge >= 0.3 is 0 Å². The topological polar surface area (TPSA) is 76.7 Å². The molecule has 0 aliphatic rings. The summed E-state index contributed by atoms with van der Waals surface area (Å²) in [7, 11) is 1.61. The highest BCUT2D eigenvalue weighted by atomic mass is 16.5. The molecule has 0 fully saturated rings. The minimum Gasteiger partial charge on any atom is -0.494 e. The van der Waals surface area contributed by atoms with Crippen LogP contribution in [-0.2, 0) is 0 Å². The van der Waals surface area contributed by atoms with E-state index in [4.69, 9.17) is 20.3 Å². The van der Waals surface area contributed by atoms with Crippen LogP contribution in [0, 0.1) is 0 Å². The van der Waals surface area contributed by atoms with Gasteiger partial charge in [0, 0.05) is 18.7 Å². The van der Waals surface area contributed by atoms with Gasteiger partial charge in [0.2, 0.25) is 0 Å².